The number of rotatable bonds is 4. The number of hydrogen-bond donors (Lipinski definition) is 2. The minimum Gasteiger partial charge on any atom is -0.314 e. The fourth-order valence-corrected chi connectivity index (χ4v) is 8.53. The Kier molecular flexibility index (Phi) is 5.36. The van der Waals surface area contributed by atoms with Gasteiger partial charge in [-0.1, -0.05) is 18.2 Å². The first-order valence-corrected chi connectivity index (χ1v) is 12.9. The van der Waals surface area contributed by atoms with Crippen molar-refractivity contribution < 1.29 is 16.8 Å². The molecule has 3 heterocycles. The van der Waals surface area contributed by atoms with Crippen molar-refractivity contribution in [3.8, 4) is 0 Å². The molecule has 7 nitrogen and oxygen atoms in total. The molecule has 0 aliphatic carbocycles. The van der Waals surface area contributed by atoms with Crippen LogP contribution in [0.15, 0.2) is 55.8 Å². The Morgan fingerprint density at radius 3 is 2.21 bits per heavy atom. The second kappa shape index (κ2) is 7.51. The summed E-state index contributed by atoms with van der Waals surface area (Å²) in [6.07, 6.45) is 1.47. The highest BCUT2D eigenvalue weighted by Crippen LogP contribution is 2.33. The predicted molar refractivity (Wildman–Crippen MR) is 108 cm³/mol. The van der Waals surface area contributed by atoms with Crippen LogP contribution in [0.5, 0.6) is 0 Å². The molecule has 0 radical (unpaired) electrons. The van der Waals surface area contributed by atoms with Crippen LogP contribution < -0.4 is 10.6 Å². The summed E-state index contributed by atoms with van der Waals surface area (Å²) in [5.74, 6) is 0. The van der Waals surface area contributed by atoms with Gasteiger partial charge in [0.2, 0.25) is 9.84 Å². The zero-order valence-corrected chi connectivity index (χ0v) is 17.7. The molecule has 1 aromatic heterocycles. The van der Waals surface area contributed by atoms with Crippen LogP contribution in [-0.2, 0) is 19.9 Å². The standard InChI is InChI=1S/C18H23N3O4S3/c22-27(23,15-4-2-1-3-5-15)16-6-7-17(26-16)28(24,25)21-12-8-18(9-13-21)14-19-10-11-20-18/h1-7,19-20H,8-14H2. The third-order valence-electron chi connectivity index (χ3n) is 5.41. The lowest BCUT2D eigenvalue weighted by Crippen LogP contribution is -2.63. The highest BCUT2D eigenvalue weighted by Gasteiger charge is 2.39. The first-order chi connectivity index (χ1) is 13.3. The van der Waals surface area contributed by atoms with Crippen molar-refractivity contribution in [2.24, 2.45) is 0 Å². The molecule has 0 bridgehead atoms. The maximum absolute atomic E-state index is 13.0. The molecule has 2 aliphatic rings. The summed E-state index contributed by atoms with van der Waals surface area (Å²) in [5, 5.41) is 6.90. The molecule has 2 fully saturated rings. The molecular weight excluding hydrogens is 418 g/mol. The fraction of sp³-hybridized carbons (Fsp3) is 0.444. The lowest BCUT2D eigenvalue weighted by atomic mass is 9.87. The Morgan fingerprint density at radius 1 is 0.893 bits per heavy atom. The molecule has 0 unspecified atom stereocenters. The molecular formula is C18H23N3O4S3. The summed E-state index contributed by atoms with van der Waals surface area (Å²) < 4.78 is 53.2. The molecule has 2 N–H and O–H groups in total. The van der Waals surface area contributed by atoms with Crippen molar-refractivity contribution in [3.05, 3.63) is 42.5 Å². The SMILES string of the molecule is O=S(=O)(c1ccccc1)c1ccc(S(=O)(=O)N2CCC3(CC2)CNCCN3)s1. The largest absolute Gasteiger partial charge is 0.314 e. The molecule has 1 spiro atoms. The smallest absolute Gasteiger partial charge is 0.252 e. The van der Waals surface area contributed by atoms with E-state index in [9.17, 15) is 16.8 Å². The van der Waals surface area contributed by atoms with Gasteiger partial charge in [-0.3, -0.25) is 0 Å². The summed E-state index contributed by atoms with van der Waals surface area (Å²) in [6.45, 7) is 3.51. The fourth-order valence-electron chi connectivity index (χ4n) is 3.74. The Morgan fingerprint density at radius 2 is 1.57 bits per heavy atom. The average Bonchev–Trinajstić information content (AvgIpc) is 3.22. The van der Waals surface area contributed by atoms with Crippen molar-refractivity contribution in [1.29, 1.82) is 0 Å². The molecule has 2 saturated heterocycles. The quantitative estimate of drug-likeness (QED) is 0.743. The first kappa shape index (κ1) is 20.0. The van der Waals surface area contributed by atoms with E-state index in [1.807, 2.05) is 0 Å². The summed E-state index contributed by atoms with van der Waals surface area (Å²) >= 11 is 0.817. The number of sulfonamides is 1. The Hall–Kier alpha value is -1.30. The topological polar surface area (TPSA) is 95.6 Å². The molecule has 0 atom stereocenters. The van der Waals surface area contributed by atoms with Crippen LogP contribution in [0.25, 0.3) is 0 Å². The molecule has 4 rings (SSSR count). The summed E-state index contributed by atoms with van der Waals surface area (Å²) in [4.78, 5) is 0.164. The maximum atomic E-state index is 13.0. The summed E-state index contributed by atoms with van der Waals surface area (Å²) in [5.41, 5.74) is -0.0402. The molecule has 152 valence electrons. The van der Waals surface area contributed by atoms with Crippen LogP contribution in [-0.4, -0.2) is 59.4 Å². The van der Waals surface area contributed by atoms with Gasteiger partial charge in [-0.05, 0) is 37.1 Å². The van der Waals surface area contributed by atoms with E-state index in [0.717, 1.165) is 43.8 Å². The highest BCUT2D eigenvalue weighted by atomic mass is 32.3. The molecule has 28 heavy (non-hydrogen) atoms. The van der Waals surface area contributed by atoms with E-state index in [2.05, 4.69) is 10.6 Å². The van der Waals surface area contributed by atoms with Gasteiger partial charge in [0, 0.05) is 38.3 Å². The van der Waals surface area contributed by atoms with Crippen molar-refractivity contribution >= 4 is 31.2 Å². The van der Waals surface area contributed by atoms with Gasteiger partial charge >= 0.3 is 0 Å². The number of benzene rings is 1. The number of thiophene rings is 1. The van der Waals surface area contributed by atoms with E-state index in [1.165, 1.54) is 28.6 Å². The third kappa shape index (κ3) is 3.64. The van der Waals surface area contributed by atoms with E-state index >= 15 is 0 Å². The normalized spacial score (nSPS) is 21.0. The molecule has 2 aromatic rings. The molecule has 10 heteroatoms. The van der Waals surface area contributed by atoms with Crippen LogP contribution >= 0.6 is 11.3 Å². The van der Waals surface area contributed by atoms with Gasteiger partial charge in [0.05, 0.1) is 4.90 Å². The number of piperidine rings is 1. The van der Waals surface area contributed by atoms with E-state index in [4.69, 9.17) is 0 Å². The number of hydrogen-bond acceptors (Lipinski definition) is 7. The van der Waals surface area contributed by atoms with E-state index < -0.39 is 19.9 Å². The van der Waals surface area contributed by atoms with Crippen LogP contribution in [0.1, 0.15) is 12.8 Å². The lowest BCUT2D eigenvalue weighted by molar-refractivity contribution is 0.169. The maximum Gasteiger partial charge on any atom is 0.252 e. The van der Waals surface area contributed by atoms with Gasteiger partial charge in [0.15, 0.2) is 0 Å². The van der Waals surface area contributed by atoms with E-state index in [1.54, 1.807) is 18.2 Å². The molecule has 2 aliphatic heterocycles. The van der Waals surface area contributed by atoms with Gasteiger partial charge < -0.3 is 10.6 Å². The number of sulfone groups is 1. The van der Waals surface area contributed by atoms with Crippen molar-refractivity contribution in [3.63, 3.8) is 0 Å². The molecule has 0 saturated carbocycles. The predicted octanol–water partition coefficient (Wildman–Crippen LogP) is 1.30. The van der Waals surface area contributed by atoms with Crippen molar-refractivity contribution in [1.82, 2.24) is 14.9 Å². The molecule has 0 amide bonds. The average molecular weight is 442 g/mol. The Balaban J connectivity index is 1.53. The second-order valence-electron chi connectivity index (χ2n) is 7.18. The Bertz CT molecular complexity index is 1030. The van der Waals surface area contributed by atoms with Gasteiger partial charge in [0.25, 0.3) is 10.0 Å². The highest BCUT2D eigenvalue weighted by molar-refractivity contribution is 7.95. The number of nitrogens with zero attached hydrogens (tertiary/aromatic N) is 1. The van der Waals surface area contributed by atoms with Gasteiger partial charge in [-0.25, -0.2) is 16.8 Å². The number of nitrogens with one attached hydrogen (secondary N) is 2. The first-order valence-electron chi connectivity index (χ1n) is 9.20. The summed E-state index contributed by atoms with van der Waals surface area (Å²) in [7, 11) is -7.41. The van der Waals surface area contributed by atoms with Gasteiger partial charge in [-0.2, -0.15) is 4.31 Å². The summed E-state index contributed by atoms with van der Waals surface area (Å²) in [6, 6.07) is 10.9. The minimum atomic E-state index is -3.71. The zero-order valence-electron chi connectivity index (χ0n) is 15.3. The second-order valence-corrected chi connectivity index (χ2v) is 12.6. The third-order valence-corrected chi connectivity index (χ3v) is 11.1. The zero-order chi connectivity index (χ0) is 19.8. The van der Waals surface area contributed by atoms with Gasteiger partial charge in [-0.15, -0.1) is 11.3 Å². The van der Waals surface area contributed by atoms with Crippen molar-refractivity contribution in [2.45, 2.75) is 31.7 Å². The minimum absolute atomic E-state index is 0.0402. The lowest BCUT2D eigenvalue weighted by Gasteiger charge is -2.44. The van der Waals surface area contributed by atoms with Crippen LogP contribution in [0.2, 0.25) is 0 Å². The number of piperazine rings is 1. The van der Waals surface area contributed by atoms with E-state index in [-0.39, 0.29) is 18.9 Å². The Labute approximate surface area is 169 Å². The molecule has 1 aromatic carbocycles. The monoisotopic (exact) mass is 441 g/mol. The van der Waals surface area contributed by atoms with Crippen LogP contribution in [0.3, 0.4) is 0 Å². The van der Waals surface area contributed by atoms with Crippen LogP contribution in [0.4, 0.5) is 0 Å². The van der Waals surface area contributed by atoms with Gasteiger partial charge in [0.1, 0.15) is 8.42 Å². The van der Waals surface area contributed by atoms with E-state index in [0.29, 0.717) is 13.1 Å². The van der Waals surface area contributed by atoms with Crippen molar-refractivity contribution in [2.75, 3.05) is 32.7 Å². The van der Waals surface area contributed by atoms with Crippen LogP contribution in [0, 0.1) is 0 Å².